The Morgan fingerprint density at radius 3 is 2.32 bits per heavy atom. The van der Waals surface area contributed by atoms with Crippen molar-refractivity contribution in [3.8, 4) is 11.1 Å². The maximum Gasteiger partial charge on any atom is 0.169 e. The molecule has 2 aromatic rings. The third kappa shape index (κ3) is 3.93. The van der Waals surface area contributed by atoms with Gasteiger partial charge in [0.1, 0.15) is 6.61 Å². The van der Waals surface area contributed by atoms with E-state index in [1.807, 2.05) is 42.5 Å². The third-order valence-corrected chi connectivity index (χ3v) is 2.76. The summed E-state index contributed by atoms with van der Waals surface area (Å²) in [6.45, 7) is 1.71. The molecule has 98 valence electrons. The smallest absolute Gasteiger partial charge is 0.169 e. The predicted octanol–water partition coefficient (Wildman–Crippen LogP) is 2.89. The number of aliphatic imine (C=N–C) groups is 1. The highest BCUT2D eigenvalue weighted by Crippen LogP contribution is 2.22. The van der Waals surface area contributed by atoms with Crippen LogP contribution in [0.3, 0.4) is 0 Å². The van der Waals surface area contributed by atoms with Gasteiger partial charge in [0.15, 0.2) is 6.40 Å². The standard InChI is InChI=1S/C13H12O.C3H5NO/c14-10-12-8-4-5-9-13(12)11-6-2-1-3-7-11;1-2-5-3-4-1/h1-9,14H,10H2;3H,1-2H2. The quantitative estimate of drug-likeness (QED) is 0.896. The maximum absolute atomic E-state index is 9.18. The fourth-order valence-electron chi connectivity index (χ4n) is 1.82. The Morgan fingerprint density at radius 2 is 1.74 bits per heavy atom. The minimum atomic E-state index is 0.0884. The second-order valence-electron chi connectivity index (χ2n) is 4.06. The molecule has 3 rings (SSSR count). The summed E-state index contributed by atoms with van der Waals surface area (Å²) in [5, 5.41) is 9.18. The molecular formula is C16H17NO2. The summed E-state index contributed by atoms with van der Waals surface area (Å²) >= 11 is 0. The normalized spacial score (nSPS) is 12.5. The molecule has 1 heterocycles. The van der Waals surface area contributed by atoms with Crippen LogP contribution in [0, 0.1) is 0 Å². The lowest BCUT2D eigenvalue weighted by Crippen LogP contribution is -1.87. The lowest BCUT2D eigenvalue weighted by atomic mass is 10.0. The van der Waals surface area contributed by atoms with Gasteiger partial charge in [0.05, 0.1) is 13.2 Å². The predicted molar refractivity (Wildman–Crippen MR) is 77.1 cm³/mol. The van der Waals surface area contributed by atoms with Gasteiger partial charge in [-0.2, -0.15) is 0 Å². The number of rotatable bonds is 2. The molecule has 0 radical (unpaired) electrons. The van der Waals surface area contributed by atoms with Crippen LogP contribution in [0.1, 0.15) is 5.56 Å². The highest BCUT2D eigenvalue weighted by Gasteiger charge is 2.01. The Kier molecular flexibility index (Phi) is 5.14. The number of aliphatic hydroxyl groups is 1. The van der Waals surface area contributed by atoms with Crippen molar-refractivity contribution in [2.75, 3.05) is 13.2 Å². The van der Waals surface area contributed by atoms with E-state index in [0.29, 0.717) is 0 Å². The molecule has 1 aliphatic rings. The SMILES string of the molecule is C1=NCCO1.OCc1ccccc1-c1ccccc1. The van der Waals surface area contributed by atoms with Gasteiger partial charge in [-0.3, -0.25) is 4.99 Å². The van der Waals surface area contributed by atoms with Gasteiger partial charge in [0.25, 0.3) is 0 Å². The van der Waals surface area contributed by atoms with Crippen LogP contribution in [0.15, 0.2) is 59.6 Å². The first-order chi connectivity index (χ1) is 9.42. The van der Waals surface area contributed by atoms with Crippen molar-refractivity contribution >= 4 is 6.40 Å². The Balaban J connectivity index is 0.000000224. The molecule has 0 aliphatic carbocycles. The van der Waals surface area contributed by atoms with Crippen LogP contribution >= 0.6 is 0 Å². The summed E-state index contributed by atoms with van der Waals surface area (Å²) < 4.78 is 4.65. The zero-order valence-electron chi connectivity index (χ0n) is 10.7. The van der Waals surface area contributed by atoms with Crippen molar-refractivity contribution in [2.45, 2.75) is 6.61 Å². The zero-order valence-corrected chi connectivity index (χ0v) is 10.7. The lowest BCUT2D eigenvalue weighted by molar-refractivity contribution is 0.282. The Bertz CT molecular complexity index is 517. The van der Waals surface area contributed by atoms with Crippen molar-refractivity contribution in [2.24, 2.45) is 4.99 Å². The summed E-state index contributed by atoms with van der Waals surface area (Å²) in [6.07, 6.45) is 1.49. The van der Waals surface area contributed by atoms with Crippen molar-refractivity contribution in [3.05, 3.63) is 60.2 Å². The summed E-state index contributed by atoms with van der Waals surface area (Å²) in [5.74, 6) is 0. The van der Waals surface area contributed by atoms with Gasteiger partial charge in [-0.05, 0) is 16.7 Å². The largest absolute Gasteiger partial charge is 0.482 e. The monoisotopic (exact) mass is 255 g/mol. The molecule has 1 N–H and O–H groups in total. The van der Waals surface area contributed by atoms with Gasteiger partial charge in [-0.25, -0.2) is 0 Å². The van der Waals surface area contributed by atoms with Crippen molar-refractivity contribution in [1.29, 1.82) is 0 Å². The van der Waals surface area contributed by atoms with Gasteiger partial charge in [0, 0.05) is 0 Å². The molecule has 3 nitrogen and oxygen atoms in total. The molecule has 2 aromatic carbocycles. The molecule has 0 aromatic heterocycles. The fraction of sp³-hybridized carbons (Fsp3) is 0.188. The minimum Gasteiger partial charge on any atom is -0.482 e. The first kappa shape index (κ1) is 13.3. The van der Waals surface area contributed by atoms with E-state index in [4.69, 9.17) is 0 Å². The Labute approximate surface area is 113 Å². The van der Waals surface area contributed by atoms with Crippen LogP contribution in [0.5, 0.6) is 0 Å². The van der Waals surface area contributed by atoms with Gasteiger partial charge in [0.2, 0.25) is 0 Å². The van der Waals surface area contributed by atoms with Gasteiger partial charge in [-0.15, -0.1) is 0 Å². The summed E-state index contributed by atoms with van der Waals surface area (Å²) in [7, 11) is 0. The molecule has 0 unspecified atom stereocenters. The molecule has 3 heteroatoms. The van der Waals surface area contributed by atoms with Gasteiger partial charge in [-0.1, -0.05) is 54.6 Å². The topological polar surface area (TPSA) is 41.8 Å². The van der Waals surface area contributed by atoms with Crippen LogP contribution in [-0.2, 0) is 11.3 Å². The average molecular weight is 255 g/mol. The van der Waals surface area contributed by atoms with E-state index in [1.165, 1.54) is 6.40 Å². The van der Waals surface area contributed by atoms with E-state index < -0.39 is 0 Å². The first-order valence-corrected chi connectivity index (χ1v) is 6.26. The van der Waals surface area contributed by atoms with Crippen LogP contribution in [0.2, 0.25) is 0 Å². The fourth-order valence-corrected chi connectivity index (χ4v) is 1.82. The number of ether oxygens (including phenoxy) is 1. The van der Waals surface area contributed by atoms with E-state index in [-0.39, 0.29) is 6.61 Å². The maximum atomic E-state index is 9.18. The van der Waals surface area contributed by atoms with Gasteiger partial charge < -0.3 is 9.84 Å². The second-order valence-corrected chi connectivity index (χ2v) is 4.06. The summed E-state index contributed by atoms with van der Waals surface area (Å²) in [5.41, 5.74) is 3.23. The Hall–Kier alpha value is -2.13. The van der Waals surface area contributed by atoms with E-state index in [9.17, 15) is 5.11 Å². The lowest BCUT2D eigenvalue weighted by Gasteiger charge is -2.06. The van der Waals surface area contributed by atoms with Crippen LogP contribution < -0.4 is 0 Å². The molecule has 0 fully saturated rings. The summed E-state index contributed by atoms with van der Waals surface area (Å²) in [6, 6.07) is 18.0. The number of hydrogen-bond acceptors (Lipinski definition) is 3. The van der Waals surface area contributed by atoms with Gasteiger partial charge >= 0.3 is 0 Å². The zero-order chi connectivity index (χ0) is 13.3. The number of hydrogen-bond donors (Lipinski definition) is 1. The molecule has 1 aliphatic heterocycles. The van der Waals surface area contributed by atoms with Crippen LogP contribution in [-0.4, -0.2) is 24.7 Å². The van der Waals surface area contributed by atoms with E-state index in [0.717, 1.165) is 29.8 Å². The van der Waals surface area contributed by atoms with Crippen LogP contribution in [0.25, 0.3) is 11.1 Å². The summed E-state index contributed by atoms with van der Waals surface area (Å²) in [4.78, 5) is 3.74. The van der Waals surface area contributed by atoms with E-state index >= 15 is 0 Å². The number of nitrogens with zero attached hydrogens (tertiary/aromatic N) is 1. The molecule has 0 bridgehead atoms. The molecule has 0 amide bonds. The van der Waals surface area contributed by atoms with Crippen molar-refractivity contribution < 1.29 is 9.84 Å². The van der Waals surface area contributed by atoms with E-state index in [1.54, 1.807) is 0 Å². The third-order valence-electron chi connectivity index (χ3n) is 2.76. The molecular weight excluding hydrogens is 238 g/mol. The first-order valence-electron chi connectivity index (χ1n) is 6.26. The highest BCUT2D eigenvalue weighted by atomic mass is 16.5. The molecule has 0 spiro atoms. The van der Waals surface area contributed by atoms with Crippen LogP contribution in [0.4, 0.5) is 0 Å². The average Bonchev–Trinajstić information content (AvgIpc) is 3.08. The molecule has 0 saturated carbocycles. The number of benzene rings is 2. The highest BCUT2D eigenvalue weighted by molar-refractivity contribution is 5.66. The van der Waals surface area contributed by atoms with E-state index in [2.05, 4.69) is 21.9 Å². The minimum absolute atomic E-state index is 0.0884. The molecule has 19 heavy (non-hydrogen) atoms. The second kappa shape index (κ2) is 7.34. The Morgan fingerprint density at radius 1 is 1.00 bits per heavy atom. The van der Waals surface area contributed by atoms with Crippen molar-refractivity contribution in [3.63, 3.8) is 0 Å². The van der Waals surface area contributed by atoms with Crippen molar-refractivity contribution in [1.82, 2.24) is 0 Å². The molecule has 0 saturated heterocycles. The molecule has 0 atom stereocenters. The number of aliphatic hydroxyl groups excluding tert-OH is 1.